The van der Waals surface area contributed by atoms with Crippen LogP contribution in [0.25, 0.3) is 11.3 Å². The normalized spacial score (nSPS) is 10.9. The smallest absolute Gasteiger partial charge is 0.134 e. The summed E-state index contributed by atoms with van der Waals surface area (Å²) in [5, 5.41) is 0.397. The van der Waals surface area contributed by atoms with E-state index in [1.54, 1.807) is 18.3 Å². The number of benzene rings is 1. The monoisotopic (exact) mass is 249 g/mol. The van der Waals surface area contributed by atoms with Crippen molar-refractivity contribution in [2.45, 2.75) is 19.8 Å². The molecule has 2 rings (SSSR count). The summed E-state index contributed by atoms with van der Waals surface area (Å²) in [6.07, 6.45) is 1.68. The Hall–Kier alpha value is -1.41. The number of rotatable bonds is 2. The van der Waals surface area contributed by atoms with Crippen LogP contribution in [0, 0.1) is 5.82 Å². The fourth-order valence-electron chi connectivity index (χ4n) is 1.79. The van der Waals surface area contributed by atoms with Crippen LogP contribution in [0.4, 0.5) is 4.39 Å². The van der Waals surface area contributed by atoms with Gasteiger partial charge in [0.15, 0.2) is 0 Å². The first kappa shape index (κ1) is 12.1. The Morgan fingerprint density at radius 1 is 1.24 bits per heavy atom. The Bertz CT molecular complexity index is 537. The Kier molecular flexibility index (Phi) is 3.43. The van der Waals surface area contributed by atoms with Crippen molar-refractivity contribution in [2.24, 2.45) is 0 Å². The molecule has 0 N–H and O–H groups in total. The van der Waals surface area contributed by atoms with E-state index < -0.39 is 0 Å². The number of halogens is 2. The van der Waals surface area contributed by atoms with Gasteiger partial charge in [0.1, 0.15) is 5.82 Å². The van der Waals surface area contributed by atoms with Crippen molar-refractivity contribution in [3.05, 3.63) is 52.9 Å². The summed E-state index contributed by atoms with van der Waals surface area (Å²) in [5.74, 6) is -0.0353. The first-order valence-corrected chi connectivity index (χ1v) is 5.87. The maximum absolute atomic E-state index is 13.9. The summed E-state index contributed by atoms with van der Waals surface area (Å²) >= 11 is 5.75. The highest BCUT2D eigenvalue weighted by Gasteiger charge is 2.13. The zero-order chi connectivity index (χ0) is 12.4. The summed E-state index contributed by atoms with van der Waals surface area (Å²) in [4.78, 5) is 4.28. The molecule has 17 heavy (non-hydrogen) atoms. The molecule has 0 radical (unpaired) electrons. The molecule has 2 aromatic rings. The zero-order valence-corrected chi connectivity index (χ0v) is 10.5. The molecule has 0 amide bonds. The Balaban J connectivity index is 2.60. The average molecular weight is 250 g/mol. The molecule has 0 spiro atoms. The van der Waals surface area contributed by atoms with Crippen LogP contribution in [0.5, 0.6) is 0 Å². The average Bonchev–Trinajstić information content (AvgIpc) is 2.29. The van der Waals surface area contributed by atoms with Gasteiger partial charge >= 0.3 is 0 Å². The highest BCUT2D eigenvalue weighted by Crippen LogP contribution is 2.30. The largest absolute Gasteiger partial charge is 0.256 e. The molecule has 88 valence electrons. The van der Waals surface area contributed by atoms with E-state index in [4.69, 9.17) is 11.6 Å². The van der Waals surface area contributed by atoms with Crippen molar-refractivity contribution >= 4 is 11.6 Å². The van der Waals surface area contributed by atoms with E-state index in [-0.39, 0.29) is 5.82 Å². The summed E-state index contributed by atoms with van der Waals surface area (Å²) in [7, 11) is 0. The number of hydrogen-bond acceptors (Lipinski definition) is 1. The van der Waals surface area contributed by atoms with Crippen molar-refractivity contribution in [3.8, 4) is 11.3 Å². The minimum atomic E-state index is -0.335. The van der Waals surface area contributed by atoms with Gasteiger partial charge in [0.25, 0.3) is 0 Å². The molecule has 0 unspecified atom stereocenters. The third-order valence-corrected chi connectivity index (χ3v) is 2.88. The molecule has 0 bridgehead atoms. The topological polar surface area (TPSA) is 12.9 Å². The fraction of sp³-hybridized carbons (Fsp3) is 0.214. The number of nitrogens with zero attached hydrogens (tertiary/aromatic N) is 1. The van der Waals surface area contributed by atoms with Crippen molar-refractivity contribution in [1.82, 2.24) is 4.98 Å². The second-order valence-electron chi connectivity index (χ2n) is 4.22. The highest BCUT2D eigenvalue weighted by molar-refractivity contribution is 6.30. The second-order valence-corrected chi connectivity index (χ2v) is 4.66. The Morgan fingerprint density at radius 3 is 2.65 bits per heavy atom. The molecule has 0 aliphatic heterocycles. The Labute approximate surface area is 105 Å². The quantitative estimate of drug-likeness (QED) is 0.754. The number of hydrogen-bond donors (Lipinski definition) is 0. The number of aromatic nitrogens is 1. The highest BCUT2D eigenvalue weighted by atomic mass is 35.5. The molecule has 0 atom stereocenters. The van der Waals surface area contributed by atoms with Gasteiger partial charge in [-0.1, -0.05) is 31.5 Å². The summed E-state index contributed by atoms with van der Waals surface area (Å²) in [5.41, 5.74) is 2.23. The third-order valence-electron chi connectivity index (χ3n) is 2.65. The molecular weight excluding hydrogens is 237 g/mol. The molecule has 3 heteroatoms. The van der Waals surface area contributed by atoms with Crippen LogP contribution in [-0.4, -0.2) is 4.98 Å². The second kappa shape index (κ2) is 4.84. The lowest BCUT2D eigenvalue weighted by Gasteiger charge is -2.12. The lowest BCUT2D eigenvalue weighted by Crippen LogP contribution is -1.96. The fourth-order valence-corrected chi connectivity index (χ4v) is 1.95. The van der Waals surface area contributed by atoms with Crippen molar-refractivity contribution < 1.29 is 4.39 Å². The van der Waals surface area contributed by atoms with Crippen LogP contribution in [-0.2, 0) is 0 Å². The molecule has 0 saturated carbocycles. The van der Waals surface area contributed by atoms with E-state index in [2.05, 4.69) is 18.8 Å². The van der Waals surface area contributed by atoms with Gasteiger partial charge in [-0.05, 0) is 35.7 Å². The molecule has 1 heterocycles. The van der Waals surface area contributed by atoms with Crippen LogP contribution in [0.2, 0.25) is 5.02 Å². The molecule has 1 nitrogen and oxygen atoms in total. The number of pyridine rings is 1. The van der Waals surface area contributed by atoms with Crippen LogP contribution >= 0.6 is 11.6 Å². The van der Waals surface area contributed by atoms with Gasteiger partial charge in [-0.25, -0.2) is 4.39 Å². The van der Waals surface area contributed by atoms with Crippen LogP contribution in [0.15, 0.2) is 36.5 Å². The minimum Gasteiger partial charge on any atom is -0.256 e. The third kappa shape index (κ3) is 2.47. The van der Waals surface area contributed by atoms with Gasteiger partial charge in [-0.15, -0.1) is 0 Å². The van der Waals surface area contributed by atoms with Gasteiger partial charge < -0.3 is 0 Å². The van der Waals surface area contributed by atoms with Crippen LogP contribution in [0.3, 0.4) is 0 Å². The molecule has 0 saturated heterocycles. The molecule has 1 aromatic carbocycles. The van der Waals surface area contributed by atoms with Gasteiger partial charge in [0, 0.05) is 16.8 Å². The minimum absolute atomic E-state index is 0.300. The summed E-state index contributed by atoms with van der Waals surface area (Å²) in [6.45, 7) is 4.13. The van der Waals surface area contributed by atoms with Crippen molar-refractivity contribution in [1.29, 1.82) is 0 Å². The van der Waals surface area contributed by atoms with Crippen LogP contribution < -0.4 is 0 Å². The first-order chi connectivity index (χ1) is 8.09. The maximum atomic E-state index is 13.9. The molecule has 0 aliphatic carbocycles. The van der Waals surface area contributed by atoms with E-state index >= 15 is 0 Å². The zero-order valence-electron chi connectivity index (χ0n) is 9.74. The van der Waals surface area contributed by atoms with Crippen molar-refractivity contribution in [3.63, 3.8) is 0 Å². The van der Waals surface area contributed by atoms with Gasteiger partial charge in [-0.2, -0.15) is 0 Å². The molecule has 0 aliphatic rings. The van der Waals surface area contributed by atoms with Crippen LogP contribution in [0.1, 0.15) is 25.3 Å². The Morgan fingerprint density at radius 2 is 2.00 bits per heavy atom. The predicted octanol–water partition coefficient (Wildman–Crippen LogP) is 4.66. The molecular formula is C14H13ClFN. The lowest BCUT2D eigenvalue weighted by molar-refractivity contribution is 0.630. The summed E-state index contributed by atoms with van der Waals surface area (Å²) in [6, 6.07) is 8.51. The van der Waals surface area contributed by atoms with E-state index in [0.29, 0.717) is 22.2 Å². The van der Waals surface area contributed by atoms with E-state index in [1.165, 1.54) is 6.07 Å². The maximum Gasteiger partial charge on any atom is 0.134 e. The van der Waals surface area contributed by atoms with E-state index in [9.17, 15) is 4.39 Å². The van der Waals surface area contributed by atoms with Gasteiger partial charge in [0.2, 0.25) is 0 Å². The standard InChI is InChI=1S/C14H13ClFN/c1-9(2)11-4-3-7-17-14(11)12-6-5-10(15)8-13(12)16/h3-9H,1-2H3. The van der Waals surface area contributed by atoms with Crippen molar-refractivity contribution in [2.75, 3.05) is 0 Å². The van der Waals surface area contributed by atoms with Gasteiger partial charge in [0.05, 0.1) is 5.69 Å². The van der Waals surface area contributed by atoms with E-state index in [0.717, 1.165) is 5.56 Å². The van der Waals surface area contributed by atoms with Gasteiger partial charge in [-0.3, -0.25) is 4.98 Å². The first-order valence-electron chi connectivity index (χ1n) is 5.50. The molecule has 0 fully saturated rings. The van der Waals surface area contributed by atoms with E-state index in [1.807, 2.05) is 12.1 Å². The lowest BCUT2D eigenvalue weighted by atomic mass is 9.97. The molecule has 1 aromatic heterocycles. The summed E-state index contributed by atoms with van der Waals surface area (Å²) < 4.78 is 13.9. The SMILES string of the molecule is CC(C)c1cccnc1-c1ccc(Cl)cc1F. The predicted molar refractivity (Wildman–Crippen MR) is 68.7 cm³/mol.